The van der Waals surface area contributed by atoms with Crippen molar-refractivity contribution in [2.75, 3.05) is 6.54 Å². The molecule has 116 valence electrons. The molecule has 1 aliphatic rings. The molecule has 5 heteroatoms. The van der Waals surface area contributed by atoms with E-state index in [-0.39, 0.29) is 18.0 Å². The predicted octanol–water partition coefficient (Wildman–Crippen LogP) is 4.22. The molecule has 2 N–H and O–H groups in total. The van der Waals surface area contributed by atoms with E-state index in [1.165, 1.54) is 0 Å². The Bertz CT molecular complexity index is 501. The third-order valence-electron chi connectivity index (χ3n) is 4.07. The molecule has 1 saturated carbocycles. The fourth-order valence-electron chi connectivity index (χ4n) is 2.92. The number of carbonyl (C=O) groups is 1. The van der Waals surface area contributed by atoms with Crippen LogP contribution in [0.1, 0.15) is 49.4 Å². The number of amides is 1. The molecule has 3 nitrogen and oxygen atoms in total. The van der Waals surface area contributed by atoms with Crippen molar-refractivity contribution in [3.63, 3.8) is 0 Å². The number of halogens is 2. The Morgan fingerprint density at radius 2 is 2.05 bits per heavy atom. The van der Waals surface area contributed by atoms with Gasteiger partial charge in [0.1, 0.15) is 0 Å². The summed E-state index contributed by atoms with van der Waals surface area (Å²) in [5.41, 5.74) is 6.55. The Hall–Kier alpha value is -0.580. The number of rotatable bonds is 4. The quantitative estimate of drug-likeness (QED) is 0.858. The van der Waals surface area contributed by atoms with Gasteiger partial charge in [-0.2, -0.15) is 0 Å². The summed E-state index contributed by atoms with van der Waals surface area (Å²) in [5, 5.41) is 0.511. The normalized spacial score (nSPS) is 22.1. The molecule has 1 amide bonds. The predicted molar refractivity (Wildman–Crippen MR) is 90.7 cm³/mol. The van der Waals surface area contributed by atoms with E-state index in [4.69, 9.17) is 17.3 Å². The monoisotopic (exact) mass is 372 g/mol. The van der Waals surface area contributed by atoms with Crippen molar-refractivity contribution in [3.05, 3.63) is 33.3 Å². The zero-order valence-corrected chi connectivity index (χ0v) is 14.7. The highest BCUT2D eigenvalue weighted by molar-refractivity contribution is 9.10. The molecule has 0 bridgehead atoms. The van der Waals surface area contributed by atoms with Crippen LogP contribution in [0.3, 0.4) is 0 Å². The molecule has 21 heavy (non-hydrogen) atoms. The van der Waals surface area contributed by atoms with E-state index >= 15 is 0 Å². The molecule has 1 aliphatic carbocycles. The molecular weight excluding hydrogens is 352 g/mol. The number of hydrogen-bond donors (Lipinski definition) is 1. The van der Waals surface area contributed by atoms with Crippen molar-refractivity contribution in [2.24, 2.45) is 5.73 Å². The van der Waals surface area contributed by atoms with Crippen LogP contribution >= 0.6 is 27.5 Å². The summed E-state index contributed by atoms with van der Waals surface area (Å²) in [7, 11) is 0. The van der Waals surface area contributed by atoms with Crippen molar-refractivity contribution >= 4 is 33.4 Å². The van der Waals surface area contributed by atoms with Crippen LogP contribution < -0.4 is 5.73 Å². The van der Waals surface area contributed by atoms with Crippen molar-refractivity contribution in [3.8, 4) is 0 Å². The second kappa shape index (κ2) is 7.61. The van der Waals surface area contributed by atoms with Gasteiger partial charge in [0.25, 0.3) is 5.91 Å². The van der Waals surface area contributed by atoms with Gasteiger partial charge in [-0.25, -0.2) is 0 Å². The number of hydrogen-bond acceptors (Lipinski definition) is 2. The van der Waals surface area contributed by atoms with Gasteiger partial charge >= 0.3 is 0 Å². The first-order valence-corrected chi connectivity index (χ1v) is 8.71. The number of nitrogens with two attached hydrogens (primary N) is 1. The summed E-state index contributed by atoms with van der Waals surface area (Å²) in [4.78, 5) is 14.9. The van der Waals surface area contributed by atoms with Gasteiger partial charge in [-0.05, 0) is 50.3 Å². The summed E-state index contributed by atoms with van der Waals surface area (Å²) >= 11 is 9.62. The van der Waals surface area contributed by atoms with E-state index in [1.807, 2.05) is 17.0 Å². The molecule has 2 rings (SSSR count). The smallest absolute Gasteiger partial charge is 0.255 e. The average Bonchev–Trinajstić information content (AvgIpc) is 2.48. The van der Waals surface area contributed by atoms with Crippen LogP contribution in [0.25, 0.3) is 0 Å². The van der Waals surface area contributed by atoms with Crippen LogP contribution in [-0.2, 0) is 0 Å². The molecule has 0 unspecified atom stereocenters. The SMILES string of the molecule is CCCN(C(=O)c1cc(Br)ccc1Cl)C1CCC(N)CC1. The van der Waals surface area contributed by atoms with E-state index < -0.39 is 0 Å². The molecule has 0 heterocycles. The van der Waals surface area contributed by atoms with E-state index in [1.54, 1.807) is 6.07 Å². The third kappa shape index (κ3) is 4.21. The maximum absolute atomic E-state index is 12.9. The molecule has 0 radical (unpaired) electrons. The largest absolute Gasteiger partial charge is 0.336 e. The van der Waals surface area contributed by atoms with Crippen molar-refractivity contribution in [1.29, 1.82) is 0 Å². The minimum absolute atomic E-state index is 0.0311. The lowest BCUT2D eigenvalue weighted by molar-refractivity contribution is 0.0627. The lowest BCUT2D eigenvalue weighted by atomic mass is 9.90. The van der Waals surface area contributed by atoms with Gasteiger partial charge in [0, 0.05) is 23.1 Å². The second-order valence-electron chi connectivity index (χ2n) is 5.69. The molecule has 1 aromatic rings. The maximum Gasteiger partial charge on any atom is 0.255 e. The van der Waals surface area contributed by atoms with Crippen LogP contribution in [0, 0.1) is 0 Å². The summed E-state index contributed by atoms with van der Waals surface area (Å²) in [5.74, 6) is 0.0311. The molecule has 0 aliphatic heterocycles. The highest BCUT2D eigenvalue weighted by atomic mass is 79.9. The van der Waals surface area contributed by atoms with Gasteiger partial charge in [-0.1, -0.05) is 34.5 Å². The zero-order chi connectivity index (χ0) is 15.4. The van der Waals surface area contributed by atoms with Gasteiger partial charge < -0.3 is 10.6 Å². The van der Waals surface area contributed by atoms with Gasteiger partial charge in [-0.3, -0.25) is 4.79 Å². The molecule has 0 spiro atoms. The molecule has 0 saturated heterocycles. The number of benzene rings is 1. The first kappa shape index (κ1) is 16.8. The Kier molecular flexibility index (Phi) is 6.08. The summed E-state index contributed by atoms with van der Waals surface area (Å²) in [6.45, 7) is 2.86. The lowest BCUT2D eigenvalue weighted by Crippen LogP contribution is -2.44. The van der Waals surface area contributed by atoms with Crippen LogP contribution in [-0.4, -0.2) is 29.4 Å². The van der Waals surface area contributed by atoms with Crippen molar-refractivity contribution < 1.29 is 4.79 Å². The fourth-order valence-corrected chi connectivity index (χ4v) is 3.48. The highest BCUT2D eigenvalue weighted by Gasteiger charge is 2.28. The molecule has 1 aromatic carbocycles. The first-order valence-electron chi connectivity index (χ1n) is 7.54. The van der Waals surface area contributed by atoms with Crippen LogP contribution in [0.2, 0.25) is 5.02 Å². The first-order chi connectivity index (χ1) is 10.0. The molecule has 0 aromatic heterocycles. The molecular formula is C16H22BrClN2O. The van der Waals surface area contributed by atoms with E-state index in [9.17, 15) is 4.79 Å². The highest BCUT2D eigenvalue weighted by Crippen LogP contribution is 2.27. The minimum atomic E-state index is 0.0311. The summed E-state index contributed by atoms with van der Waals surface area (Å²) in [6, 6.07) is 5.99. The maximum atomic E-state index is 12.9. The number of nitrogens with zero attached hydrogens (tertiary/aromatic N) is 1. The average molecular weight is 374 g/mol. The lowest BCUT2D eigenvalue weighted by Gasteiger charge is -2.36. The van der Waals surface area contributed by atoms with Gasteiger partial charge in [0.05, 0.1) is 10.6 Å². The van der Waals surface area contributed by atoms with Gasteiger partial charge in [0.15, 0.2) is 0 Å². The minimum Gasteiger partial charge on any atom is -0.336 e. The number of carbonyl (C=O) groups excluding carboxylic acids is 1. The Labute approximate surface area is 140 Å². The molecule has 1 fully saturated rings. The van der Waals surface area contributed by atoms with Crippen molar-refractivity contribution in [1.82, 2.24) is 4.90 Å². The van der Waals surface area contributed by atoms with Crippen LogP contribution in [0.4, 0.5) is 0 Å². The van der Waals surface area contributed by atoms with E-state index in [0.29, 0.717) is 10.6 Å². The van der Waals surface area contributed by atoms with Crippen LogP contribution in [0.5, 0.6) is 0 Å². The van der Waals surface area contributed by atoms with Gasteiger partial charge in [-0.15, -0.1) is 0 Å². The fraction of sp³-hybridized carbons (Fsp3) is 0.562. The Balaban J connectivity index is 2.20. The van der Waals surface area contributed by atoms with E-state index in [2.05, 4.69) is 22.9 Å². The van der Waals surface area contributed by atoms with Crippen molar-refractivity contribution in [2.45, 2.75) is 51.1 Å². The second-order valence-corrected chi connectivity index (χ2v) is 7.01. The van der Waals surface area contributed by atoms with E-state index in [0.717, 1.165) is 43.1 Å². The summed E-state index contributed by atoms with van der Waals surface area (Å²) in [6.07, 6.45) is 4.89. The Morgan fingerprint density at radius 3 is 2.67 bits per heavy atom. The van der Waals surface area contributed by atoms with Gasteiger partial charge in [0.2, 0.25) is 0 Å². The Morgan fingerprint density at radius 1 is 1.38 bits per heavy atom. The zero-order valence-electron chi connectivity index (χ0n) is 12.3. The standard InChI is InChI=1S/C16H22BrClN2O/c1-2-9-20(13-6-4-12(19)5-7-13)16(21)14-10-11(17)3-8-15(14)18/h3,8,10,12-13H,2,4-7,9,19H2,1H3. The topological polar surface area (TPSA) is 46.3 Å². The third-order valence-corrected chi connectivity index (χ3v) is 4.89. The summed E-state index contributed by atoms with van der Waals surface area (Å²) < 4.78 is 0.873. The van der Waals surface area contributed by atoms with Crippen LogP contribution in [0.15, 0.2) is 22.7 Å². The molecule has 0 atom stereocenters.